The van der Waals surface area contributed by atoms with Gasteiger partial charge in [0.1, 0.15) is 0 Å². The van der Waals surface area contributed by atoms with Crippen LogP contribution < -0.4 is 5.32 Å². The lowest BCUT2D eigenvalue weighted by molar-refractivity contribution is 0.124. The molecule has 1 unspecified atom stereocenters. The van der Waals surface area contributed by atoms with E-state index >= 15 is 0 Å². The molecule has 2 rings (SSSR count). The first kappa shape index (κ1) is 11.9. The number of benzene rings is 1. The Morgan fingerprint density at radius 1 is 1.50 bits per heavy atom. The van der Waals surface area contributed by atoms with Gasteiger partial charge in [0, 0.05) is 30.2 Å². The van der Waals surface area contributed by atoms with Crippen LogP contribution in [-0.4, -0.2) is 31.1 Å². The molecular formula is C13H19ClN2. The van der Waals surface area contributed by atoms with Crippen LogP contribution in [0.3, 0.4) is 0 Å². The molecule has 1 aliphatic heterocycles. The van der Waals surface area contributed by atoms with Crippen LogP contribution in [-0.2, 0) is 0 Å². The molecule has 1 fully saturated rings. The summed E-state index contributed by atoms with van der Waals surface area (Å²) in [6.45, 7) is 4.44. The number of rotatable bonds is 4. The van der Waals surface area contributed by atoms with Gasteiger partial charge in [-0.25, -0.2) is 0 Å². The zero-order chi connectivity index (χ0) is 11.5. The molecule has 0 spiro atoms. The van der Waals surface area contributed by atoms with E-state index in [-0.39, 0.29) is 0 Å². The highest BCUT2D eigenvalue weighted by Gasteiger charge is 2.27. The summed E-state index contributed by atoms with van der Waals surface area (Å²) >= 11 is 6.05. The van der Waals surface area contributed by atoms with E-state index in [0.717, 1.165) is 24.5 Å². The predicted octanol–water partition coefficient (Wildman–Crippen LogP) is 2.69. The first-order chi connectivity index (χ1) is 7.72. The van der Waals surface area contributed by atoms with E-state index in [1.54, 1.807) is 0 Å². The van der Waals surface area contributed by atoms with Crippen molar-refractivity contribution >= 4 is 11.6 Å². The van der Waals surface area contributed by atoms with E-state index in [2.05, 4.69) is 36.3 Å². The van der Waals surface area contributed by atoms with Gasteiger partial charge < -0.3 is 5.32 Å². The SMILES string of the molecule is CCC(c1cccc(Cl)c1)N(C)C1CNC1. The minimum Gasteiger partial charge on any atom is -0.314 e. The molecule has 0 saturated carbocycles. The minimum absolute atomic E-state index is 0.478. The van der Waals surface area contributed by atoms with Crippen LogP contribution in [0.15, 0.2) is 24.3 Å². The topological polar surface area (TPSA) is 15.3 Å². The van der Waals surface area contributed by atoms with Crippen LogP contribution in [0.1, 0.15) is 24.9 Å². The molecule has 1 aliphatic rings. The van der Waals surface area contributed by atoms with Crippen LogP contribution in [0, 0.1) is 0 Å². The Hall–Kier alpha value is -0.570. The van der Waals surface area contributed by atoms with E-state index in [1.165, 1.54) is 5.56 Å². The Labute approximate surface area is 103 Å². The number of nitrogens with zero attached hydrogens (tertiary/aromatic N) is 1. The van der Waals surface area contributed by atoms with Gasteiger partial charge in [-0.15, -0.1) is 0 Å². The zero-order valence-corrected chi connectivity index (χ0v) is 10.7. The average molecular weight is 239 g/mol. The van der Waals surface area contributed by atoms with Crippen molar-refractivity contribution in [3.8, 4) is 0 Å². The Morgan fingerprint density at radius 2 is 2.25 bits per heavy atom. The zero-order valence-electron chi connectivity index (χ0n) is 9.91. The first-order valence-corrected chi connectivity index (χ1v) is 6.28. The van der Waals surface area contributed by atoms with Gasteiger partial charge in [0.2, 0.25) is 0 Å². The van der Waals surface area contributed by atoms with Crippen molar-refractivity contribution in [2.45, 2.75) is 25.4 Å². The van der Waals surface area contributed by atoms with Gasteiger partial charge in [-0.1, -0.05) is 30.7 Å². The monoisotopic (exact) mass is 238 g/mol. The van der Waals surface area contributed by atoms with Crippen LogP contribution >= 0.6 is 11.6 Å². The number of likely N-dealkylation sites (N-methyl/N-ethyl adjacent to an activating group) is 1. The van der Waals surface area contributed by atoms with Crippen molar-refractivity contribution in [1.29, 1.82) is 0 Å². The van der Waals surface area contributed by atoms with E-state index in [0.29, 0.717) is 12.1 Å². The molecule has 1 aromatic carbocycles. The Bertz CT molecular complexity index is 350. The van der Waals surface area contributed by atoms with Crippen molar-refractivity contribution in [2.75, 3.05) is 20.1 Å². The normalized spacial score (nSPS) is 18.5. The van der Waals surface area contributed by atoms with Crippen LogP contribution in [0.4, 0.5) is 0 Å². The van der Waals surface area contributed by atoms with Crippen molar-refractivity contribution in [3.63, 3.8) is 0 Å². The summed E-state index contributed by atoms with van der Waals surface area (Å²) in [5.74, 6) is 0. The van der Waals surface area contributed by atoms with Crippen LogP contribution in [0.2, 0.25) is 5.02 Å². The molecule has 3 heteroatoms. The lowest BCUT2D eigenvalue weighted by atomic mass is 10.00. The highest BCUT2D eigenvalue weighted by Crippen LogP contribution is 2.27. The summed E-state index contributed by atoms with van der Waals surface area (Å²) in [7, 11) is 2.21. The van der Waals surface area contributed by atoms with Gasteiger partial charge in [0.25, 0.3) is 0 Å². The molecule has 0 radical (unpaired) electrons. The molecule has 0 aromatic heterocycles. The summed E-state index contributed by atoms with van der Waals surface area (Å²) in [5.41, 5.74) is 1.32. The van der Waals surface area contributed by atoms with E-state index in [9.17, 15) is 0 Å². The molecule has 1 saturated heterocycles. The fourth-order valence-electron chi connectivity index (χ4n) is 2.29. The third-order valence-corrected chi connectivity index (χ3v) is 3.68. The van der Waals surface area contributed by atoms with Crippen LogP contribution in [0.25, 0.3) is 0 Å². The molecule has 2 nitrogen and oxygen atoms in total. The maximum absolute atomic E-state index is 6.05. The second-order valence-corrected chi connectivity index (χ2v) is 4.89. The molecular weight excluding hydrogens is 220 g/mol. The van der Waals surface area contributed by atoms with Gasteiger partial charge in [-0.2, -0.15) is 0 Å². The third kappa shape index (κ3) is 2.40. The van der Waals surface area contributed by atoms with E-state index < -0.39 is 0 Å². The van der Waals surface area contributed by atoms with Gasteiger partial charge in [-0.05, 0) is 31.2 Å². The molecule has 1 aromatic rings. The maximum atomic E-state index is 6.05. The summed E-state index contributed by atoms with van der Waals surface area (Å²) in [4.78, 5) is 2.46. The van der Waals surface area contributed by atoms with Crippen LogP contribution in [0.5, 0.6) is 0 Å². The molecule has 88 valence electrons. The number of nitrogens with one attached hydrogen (secondary N) is 1. The molecule has 0 amide bonds. The summed E-state index contributed by atoms with van der Waals surface area (Å²) < 4.78 is 0. The fraction of sp³-hybridized carbons (Fsp3) is 0.538. The molecule has 0 bridgehead atoms. The Balaban J connectivity index is 2.14. The van der Waals surface area contributed by atoms with Gasteiger partial charge in [0.05, 0.1) is 0 Å². The van der Waals surface area contributed by atoms with Gasteiger partial charge in [-0.3, -0.25) is 4.90 Å². The number of halogens is 1. The molecule has 1 heterocycles. The second kappa shape index (κ2) is 5.17. The molecule has 16 heavy (non-hydrogen) atoms. The Morgan fingerprint density at radius 3 is 2.75 bits per heavy atom. The summed E-state index contributed by atoms with van der Waals surface area (Å²) in [5, 5.41) is 4.15. The predicted molar refractivity (Wildman–Crippen MR) is 68.9 cm³/mol. The van der Waals surface area contributed by atoms with E-state index in [4.69, 9.17) is 11.6 Å². The Kier molecular flexibility index (Phi) is 3.85. The summed E-state index contributed by atoms with van der Waals surface area (Å²) in [6.07, 6.45) is 1.12. The number of hydrogen-bond acceptors (Lipinski definition) is 2. The standard InChI is InChI=1S/C13H19ClN2/c1-3-13(16(2)12-8-15-9-12)10-5-4-6-11(14)7-10/h4-7,12-13,15H,3,8-9H2,1-2H3. The van der Waals surface area contributed by atoms with Gasteiger partial charge in [0.15, 0.2) is 0 Å². The van der Waals surface area contributed by atoms with Gasteiger partial charge >= 0.3 is 0 Å². The van der Waals surface area contributed by atoms with Crippen molar-refractivity contribution in [2.24, 2.45) is 0 Å². The van der Waals surface area contributed by atoms with Crippen molar-refractivity contribution in [3.05, 3.63) is 34.9 Å². The first-order valence-electron chi connectivity index (χ1n) is 5.90. The fourth-order valence-corrected chi connectivity index (χ4v) is 2.49. The second-order valence-electron chi connectivity index (χ2n) is 4.46. The third-order valence-electron chi connectivity index (χ3n) is 3.45. The smallest absolute Gasteiger partial charge is 0.0409 e. The highest BCUT2D eigenvalue weighted by molar-refractivity contribution is 6.30. The average Bonchev–Trinajstić information content (AvgIpc) is 2.16. The summed E-state index contributed by atoms with van der Waals surface area (Å²) in [6, 6.07) is 9.37. The molecule has 1 atom stereocenters. The molecule has 0 aliphatic carbocycles. The molecule has 1 N–H and O–H groups in total. The lowest BCUT2D eigenvalue weighted by Gasteiger charge is -2.40. The largest absolute Gasteiger partial charge is 0.314 e. The van der Waals surface area contributed by atoms with E-state index in [1.807, 2.05) is 12.1 Å². The quantitative estimate of drug-likeness (QED) is 0.868. The minimum atomic E-state index is 0.478. The number of hydrogen-bond donors (Lipinski definition) is 1. The maximum Gasteiger partial charge on any atom is 0.0409 e. The highest BCUT2D eigenvalue weighted by atomic mass is 35.5. The lowest BCUT2D eigenvalue weighted by Crippen LogP contribution is -2.56. The van der Waals surface area contributed by atoms with Crippen molar-refractivity contribution in [1.82, 2.24) is 10.2 Å². The van der Waals surface area contributed by atoms with Crippen molar-refractivity contribution < 1.29 is 0 Å².